The average Bonchev–Trinajstić information content (AvgIpc) is 2.43. The molecule has 1 aromatic carbocycles. The lowest BCUT2D eigenvalue weighted by Crippen LogP contribution is -2.38. The second-order valence-electron chi connectivity index (χ2n) is 9.58. The third kappa shape index (κ3) is 8.02. The van der Waals surface area contributed by atoms with Crippen molar-refractivity contribution in [1.29, 1.82) is 0 Å². The molecule has 152 valence electrons. The van der Waals surface area contributed by atoms with Crippen molar-refractivity contribution in [3.63, 3.8) is 0 Å². The minimum atomic E-state index is -0.730. The van der Waals surface area contributed by atoms with Gasteiger partial charge in [-0.05, 0) is 79.9 Å². The van der Waals surface area contributed by atoms with Crippen molar-refractivity contribution in [3.8, 4) is 0 Å². The van der Waals surface area contributed by atoms with Crippen molar-refractivity contribution in [1.82, 2.24) is 5.32 Å². The molecule has 0 aromatic heterocycles. The van der Waals surface area contributed by atoms with E-state index in [1.54, 1.807) is 0 Å². The predicted molar refractivity (Wildman–Crippen MR) is 108 cm³/mol. The van der Waals surface area contributed by atoms with E-state index in [0.29, 0.717) is 6.42 Å². The van der Waals surface area contributed by atoms with Crippen LogP contribution in [0, 0.1) is 0 Å². The Morgan fingerprint density at radius 2 is 1.37 bits per heavy atom. The summed E-state index contributed by atoms with van der Waals surface area (Å²) in [7, 11) is 0. The van der Waals surface area contributed by atoms with Crippen LogP contribution in [-0.4, -0.2) is 29.3 Å². The summed E-state index contributed by atoms with van der Waals surface area (Å²) in [5.74, 6) is -0.247. The standard InChI is InChI=1S/C22H35NO4/c1-15(23-19(25)27-21(5,6)7)14-16-10-12-17(13-11-16)22(8,9)18(24)26-20(2,3)4/h10-13,15H,14H2,1-9H3,(H,23,25)/t15-/m1/s1. The van der Waals surface area contributed by atoms with Crippen LogP contribution in [0.1, 0.15) is 73.4 Å². The van der Waals surface area contributed by atoms with Crippen LogP contribution in [-0.2, 0) is 26.1 Å². The summed E-state index contributed by atoms with van der Waals surface area (Å²) >= 11 is 0. The zero-order valence-corrected chi connectivity index (χ0v) is 18.2. The van der Waals surface area contributed by atoms with Crippen molar-refractivity contribution in [2.24, 2.45) is 0 Å². The smallest absolute Gasteiger partial charge is 0.407 e. The molecule has 27 heavy (non-hydrogen) atoms. The molecule has 0 aliphatic carbocycles. The fraction of sp³-hybridized carbons (Fsp3) is 0.636. The molecule has 0 bridgehead atoms. The number of nitrogens with one attached hydrogen (secondary N) is 1. The summed E-state index contributed by atoms with van der Waals surface area (Å²) in [4.78, 5) is 24.3. The highest BCUT2D eigenvalue weighted by atomic mass is 16.6. The quantitative estimate of drug-likeness (QED) is 0.751. The lowest BCUT2D eigenvalue weighted by Gasteiger charge is -2.29. The van der Waals surface area contributed by atoms with Gasteiger partial charge in [0.05, 0.1) is 5.41 Å². The van der Waals surface area contributed by atoms with Gasteiger partial charge in [0.2, 0.25) is 0 Å². The van der Waals surface area contributed by atoms with Crippen LogP contribution in [0.2, 0.25) is 0 Å². The van der Waals surface area contributed by atoms with Crippen molar-refractivity contribution in [2.75, 3.05) is 0 Å². The molecule has 0 saturated heterocycles. The first kappa shape index (κ1) is 23.0. The van der Waals surface area contributed by atoms with Crippen molar-refractivity contribution >= 4 is 12.1 Å². The monoisotopic (exact) mass is 377 g/mol. The summed E-state index contributed by atoms with van der Waals surface area (Å²) in [5.41, 5.74) is 0.206. The first-order chi connectivity index (χ1) is 12.1. The van der Waals surface area contributed by atoms with Gasteiger partial charge in [-0.3, -0.25) is 4.79 Å². The number of rotatable bonds is 5. The van der Waals surface area contributed by atoms with E-state index in [1.165, 1.54) is 0 Å². The molecule has 5 nitrogen and oxygen atoms in total. The van der Waals surface area contributed by atoms with E-state index < -0.39 is 22.7 Å². The molecule has 0 saturated carbocycles. The SMILES string of the molecule is C[C@H](Cc1ccc(C(C)(C)C(=O)OC(C)(C)C)cc1)NC(=O)OC(C)(C)C. The number of ether oxygens (including phenoxy) is 2. The van der Waals surface area contributed by atoms with Crippen LogP contribution in [0.3, 0.4) is 0 Å². The number of alkyl carbamates (subject to hydrolysis) is 1. The molecule has 1 rings (SSSR count). The second kappa shape index (κ2) is 8.32. The van der Waals surface area contributed by atoms with E-state index in [2.05, 4.69) is 5.32 Å². The van der Waals surface area contributed by atoms with E-state index >= 15 is 0 Å². The normalized spacial score (nSPS) is 13.7. The Hall–Kier alpha value is -2.04. The Labute approximate surface area is 163 Å². The summed E-state index contributed by atoms with van der Waals surface area (Å²) in [6.07, 6.45) is 0.254. The van der Waals surface area contributed by atoms with E-state index in [9.17, 15) is 9.59 Å². The van der Waals surface area contributed by atoms with E-state index in [-0.39, 0.29) is 12.0 Å². The van der Waals surface area contributed by atoms with Crippen LogP contribution in [0.4, 0.5) is 4.79 Å². The van der Waals surface area contributed by atoms with Gasteiger partial charge in [0, 0.05) is 6.04 Å². The number of carbonyl (C=O) groups excluding carboxylic acids is 2. The Balaban J connectivity index is 2.73. The molecule has 0 aliphatic rings. The zero-order chi connectivity index (χ0) is 21.0. The van der Waals surface area contributed by atoms with Gasteiger partial charge in [0.15, 0.2) is 0 Å². The number of esters is 1. The molecule has 1 N–H and O–H groups in total. The zero-order valence-electron chi connectivity index (χ0n) is 18.2. The van der Waals surface area contributed by atoms with Gasteiger partial charge >= 0.3 is 12.1 Å². The van der Waals surface area contributed by atoms with Crippen LogP contribution in [0.25, 0.3) is 0 Å². The Kier molecular flexibility index (Phi) is 7.09. The largest absolute Gasteiger partial charge is 0.459 e. The van der Waals surface area contributed by atoms with Crippen LogP contribution in [0.15, 0.2) is 24.3 Å². The number of benzene rings is 1. The van der Waals surface area contributed by atoms with Crippen molar-refractivity contribution < 1.29 is 19.1 Å². The molecule has 1 atom stereocenters. The highest BCUT2D eigenvalue weighted by Crippen LogP contribution is 2.27. The summed E-state index contributed by atoms with van der Waals surface area (Å²) in [6, 6.07) is 7.78. The highest BCUT2D eigenvalue weighted by molar-refractivity contribution is 5.82. The van der Waals surface area contributed by atoms with Gasteiger partial charge < -0.3 is 14.8 Å². The van der Waals surface area contributed by atoms with Crippen molar-refractivity contribution in [3.05, 3.63) is 35.4 Å². The highest BCUT2D eigenvalue weighted by Gasteiger charge is 2.34. The van der Waals surface area contributed by atoms with Gasteiger partial charge in [-0.1, -0.05) is 24.3 Å². The number of carbonyl (C=O) groups is 2. The molecule has 1 aromatic rings. The fourth-order valence-corrected chi connectivity index (χ4v) is 2.49. The fourth-order valence-electron chi connectivity index (χ4n) is 2.49. The first-order valence-corrected chi connectivity index (χ1v) is 9.42. The molecule has 0 fully saturated rings. The van der Waals surface area contributed by atoms with Gasteiger partial charge in [-0.25, -0.2) is 4.79 Å². The first-order valence-electron chi connectivity index (χ1n) is 9.42. The molecule has 1 amide bonds. The van der Waals surface area contributed by atoms with E-state index in [0.717, 1.165) is 11.1 Å². The summed E-state index contributed by atoms with van der Waals surface area (Å²) in [5, 5.41) is 2.84. The maximum Gasteiger partial charge on any atom is 0.407 e. The molecule has 0 unspecified atom stereocenters. The summed E-state index contributed by atoms with van der Waals surface area (Å²) < 4.78 is 10.8. The molecule has 0 aliphatic heterocycles. The van der Waals surface area contributed by atoms with E-state index in [1.807, 2.05) is 86.6 Å². The van der Waals surface area contributed by atoms with Gasteiger partial charge in [0.1, 0.15) is 11.2 Å². The average molecular weight is 378 g/mol. The molecular weight excluding hydrogens is 342 g/mol. The topological polar surface area (TPSA) is 64.6 Å². The minimum Gasteiger partial charge on any atom is -0.459 e. The third-order valence-electron chi connectivity index (χ3n) is 3.89. The van der Waals surface area contributed by atoms with Gasteiger partial charge in [0.25, 0.3) is 0 Å². The lowest BCUT2D eigenvalue weighted by atomic mass is 9.84. The lowest BCUT2D eigenvalue weighted by molar-refractivity contribution is -0.160. The molecule has 0 radical (unpaired) electrons. The number of hydrogen-bond donors (Lipinski definition) is 1. The Bertz CT molecular complexity index is 648. The number of amides is 1. The van der Waals surface area contributed by atoms with E-state index in [4.69, 9.17) is 9.47 Å². The Morgan fingerprint density at radius 3 is 1.81 bits per heavy atom. The minimum absolute atomic E-state index is 0.0652. The second-order valence-corrected chi connectivity index (χ2v) is 9.58. The van der Waals surface area contributed by atoms with Crippen LogP contribution in [0.5, 0.6) is 0 Å². The molecule has 0 heterocycles. The van der Waals surface area contributed by atoms with Gasteiger partial charge in [-0.15, -0.1) is 0 Å². The Morgan fingerprint density at radius 1 is 0.889 bits per heavy atom. The maximum absolute atomic E-state index is 12.5. The van der Waals surface area contributed by atoms with Crippen LogP contribution >= 0.6 is 0 Å². The molecule has 0 spiro atoms. The molecular formula is C22H35NO4. The summed E-state index contributed by atoms with van der Waals surface area (Å²) in [6.45, 7) is 16.8. The van der Waals surface area contributed by atoms with Crippen molar-refractivity contribution in [2.45, 2.75) is 91.4 Å². The third-order valence-corrected chi connectivity index (χ3v) is 3.89. The molecule has 5 heteroatoms. The number of hydrogen-bond acceptors (Lipinski definition) is 4. The van der Waals surface area contributed by atoms with Gasteiger partial charge in [-0.2, -0.15) is 0 Å². The maximum atomic E-state index is 12.5. The predicted octanol–water partition coefficient (Wildman–Crippen LogP) is 4.76. The van der Waals surface area contributed by atoms with Crippen LogP contribution < -0.4 is 5.32 Å².